The van der Waals surface area contributed by atoms with Crippen molar-refractivity contribution in [3.8, 4) is 17.3 Å². The minimum atomic E-state index is -0.0202. The number of carbonyl (C=O) groups excluding carboxylic acids is 1. The van der Waals surface area contributed by atoms with Crippen molar-refractivity contribution in [3.63, 3.8) is 0 Å². The molecule has 4 heteroatoms. The van der Waals surface area contributed by atoms with E-state index >= 15 is 0 Å². The highest BCUT2D eigenvalue weighted by Crippen LogP contribution is 2.23. The number of rotatable bonds is 2. The average Bonchev–Trinajstić information content (AvgIpc) is 2.62. The molecule has 1 aromatic carbocycles. The molecule has 0 saturated carbocycles. The second-order valence-corrected chi connectivity index (χ2v) is 6.04. The summed E-state index contributed by atoms with van der Waals surface area (Å²) in [4.78, 5) is 19.0. The highest BCUT2D eigenvalue weighted by molar-refractivity contribution is 5.93. The number of pyridine rings is 1. The summed E-state index contributed by atoms with van der Waals surface area (Å²) in [6.45, 7) is 3.81. The Morgan fingerprint density at radius 1 is 1.17 bits per heavy atom. The van der Waals surface area contributed by atoms with Gasteiger partial charge >= 0.3 is 0 Å². The third-order valence-corrected chi connectivity index (χ3v) is 4.36. The maximum absolute atomic E-state index is 12.6. The molecule has 1 amide bonds. The van der Waals surface area contributed by atoms with Gasteiger partial charge in [-0.25, -0.2) is 4.98 Å². The molecule has 0 atom stereocenters. The Balaban J connectivity index is 1.88. The van der Waals surface area contributed by atoms with Crippen LogP contribution < -0.4 is 0 Å². The standard InChI is InChI=1S/C19H19N3O/c1-14-9-11-22(12-10-14)19(23)18-8-4-7-17(21-18)16-6-3-2-5-15(16)13-20/h2-8,14H,9-12H2,1H3. The van der Waals surface area contributed by atoms with Gasteiger partial charge in [-0.1, -0.05) is 31.2 Å². The van der Waals surface area contributed by atoms with Crippen LogP contribution in [0.15, 0.2) is 42.5 Å². The van der Waals surface area contributed by atoms with Crippen molar-refractivity contribution in [2.24, 2.45) is 5.92 Å². The molecule has 0 unspecified atom stereocenters. The lowest BCUT2D eigenvalue weighted by atomic mass is 9.99. The Hall–Kier alpha value is -2.67. The van der Waals surface area contributed by atoms with Crippen molar-refractivity contribution in [3.05, 3.63) is 53.7 Å². The largest absolute Gasteiger partial charge is 0.337 e. The van der Waals surface area contributed by atoms with E-state index in [1.807, 2.05) is 35.2 Å². The average molecular weight is 305 g/mol. The van der Waals surface area contributed by atoms with E-state index in [4.69, 9.17) is 0 Å². The van der Waals surface area contributed by atoms with Crippen LogP contribution in [0.5, 0.6) is 0 Å². The number of hydrogen-bond donors (Lipinski definition) is 0. The molecule has 1 aromatic heterocycles. The van der Waals surface area contributed by atoms with Crippen LogP contribution in [-0.4, -0.2) is 28.9 Å². The SMILES string of the molecule is CC1CCN(C(=O)c2cccc(-c3ccccc3C#N)n2)CC1. The van der Waals surface area contributed by atoms with Crippen LogP contribution in [0.4, 0.5) is 0 Å². The number of amides is 1. The predicted octanol–water partition coefficient (Wildman–Crippen LogP) is 3.49. The molecule has 1 saturated heterocycles. The highest BCUT2D eigenvalue weighted by Gasteiger charge is 2.22. The molecule has 3 rings (SSSR count). The number of benzene rings is 1. The normalized spacial score (nSPS) is 15.2. The Bertz CT molecular complexity index is 755. The molecule has 1 fully saturated rings. The van der Waals surface area contributed by atoms with Gasteiger partial charge in [0.1, 0.15) is 5.69 Å². The summed E-state index contributed by atoms with van der Waals surface area (Å²) in [7, 11) is 0. The predicted molar refractivity (Wildman–Crippen MR) is 88.7 cm³/mol. The molecule has 0 radical (unpaired) electrons. The van der Waals surface area contributed by atoms with Crippen molar-refractivity contribution in [1.82, 2.24) is 9.88 Å². The maximum atomic E-state index is 12.6. The first-order valence-corrected chi connectivity index (χ1v) is 7.95. The Labute approximate surface area is 136 Å². The van der Waals surface area contributed by atoms with E-state index in [0.717, 1.165) is 31.5 Å². The van der Waals surface area contributed by atoms with Gasteiger partial charge in [-0.3, -0.25) is 4.79 Å². The number of nitrogens with zero attached hydrogens (tertiary/aromatic N) is 3. The fraction of sp³-hybridized carbons (Fsp3) is 0.316. The lowest BCUT2D eigenvalue weighted by Crippen LogP contribution is -2.38. The Morgan fingerprint density at radius 2 is 1.91 bits per heavy atom. The topological polar surface area (TPSA) is 57.0 Å². The molecule has 1 aliphatic heterocycles. The van der Waals surface area contributed by atoms with Gasteiger partial charge in [-0.05, 0) is 37.0 Å². The smallest absolute Gasteiger partial charge is 0.272 e. The molecule has 2 heterocycles. The summed E-state index contributed by atoms with van der Waals surface area (Å²) in [5, 5.41) is 9.23. The zero-order valence-electron chi connectivity index (χ0n) is 13.2. The molecular formula is C19H19N3O. The number of carbonyl (C=O) groups is 1. The monoisotopic (exact) mass is 305 g/mol. The molecule has 0 N–H and O–H groups in total. The van der Waals surface area contributed by atoms with Crippen LogP contribution in [0.25, 0.3) is 11.3 Å². The number of aromatic nitrogens is 1. The van der Waals surface area contributed by atoms with Gasteiger partial charge < -0.3 is 4.90 Å². The minimum Gasteiger partial charge on any atom is -0.337 e. The maximum Gasteiger partial charge on any atom is 0.272 e. The molecule has 2 aromatic rings. The van der Waals surface area contributed by atoms with E-state index < -0.39 is 0 Å². The minimum absolute atomic E-state index is 0.0202. The fourth-order valence-electron chi connectivity index (χ4n) is 2.88. The van der Waals surface area contributed by atoms with Crippen molar-refractivity contribution >= 4 is 5.91 Å². The molecule has 23 heavy (non-hydrogen) atoms. The van der Waals surface area contributed by atoms with Crippen molar-refractivity contribution in [2.75, 3.05) is 13.1 Å². The van der Waals surface area contributed by atoms with Gasteiger partial charge in [0.25, 0.3) is 5.91 Å². The number of hydrogen-bond acceptors (Lipinski definition) is 3. The molecule has 4 nitrogen and oxygen atoms in total. The first-order valence-electron chi connectivity index (χ1n) is 7.95. The first kappa shape index (κ1) is 15.2. The van der Waals surface area contributed by atoms with Gasteiger partial charge in [0, 0.05) is 18.7 Å². The second kappa shape index (κ2) is 6.62. The lowest BCUT2D eigenvalue weighted by Gasteiger charge is -2.30. The van der Waals surface area contributed by atoms with Gasteiger partial charge in [0.05, 0.1) is 17.3 Å². The summed E-state index contributed by atoms with van der Waals surface area (Å²) in [6.07, 6.45) is 2.09. The van der Waals surface area contributed by atoms with E-state index in [-0.39, 0.29) is 5.91 Å². The number of piperidine rings is 1. The third kappa shape index (κ3) is 3.24. The molecule has 0 spiro atoms. The van der Waals surface area contributed by atoms with Crippen LogP contribution in [-0.2, 0) is 0 Å². The highest BCUT2D eigenvalue weighted by atomic mass is 16.2. The van der Waals surface area contributed by atoms with Crippen LogP contribution in [0, 0.1) is 17.2 Å². The van der Waals surface area contributed by atoms with Crippen LogP contribution >= 0.6 is 0 Å². The second-order valence-electron chi connectivity index (χ2n) is 6.04. The lowest BCUT2D eigenvalue weighted by molar-refractivity contribution is 0.0691. The zero-order valence-corrected chi connectivity index (χ0v) is 13.2. The van der Waals surface area contributed by atoms with Crippen molar-refractivity contribution in [1.29, 1.82) is 5.26 Å². The quantitative estimate of drug-likeness (QED) is 0.853. The molecule has 1 aliphatic rings. The van der Waals surface area contributed by atoms with Gasteiger partial charge in [0.2, 0.25) is 0 Å². The van der Waals surface area contributed by atoms with Gasteiger partial charge in [-0.2, -0.15) is 5.26 Å². The van der Waals surface area contributed by atoms with E-state index in [1.54, 1.807) is 12.1 Å². The Morgan fingerprint density at radius 3 is 2.65 bits per heavy atom. The van der Waals surface area contributed by atoms with Crippen LogP contribution in [0.2, 0.25) is 0 Å². The van der Waals surface area contributed by atoms with E-state index in [1.165, 1.54) is 0 Å². The third-order valence-electron chi connectivity index (χ3n) is 4.36. The zero-order chi connectivity index (χ0) is 16.2. The summed E-state index contributed by atoms with van der Waals surface area (Å²) < 4.78 is 0. The first-order chi connectivity index (χ1) is 11.2. The molecular weight excluding hydrogens is 286 g/mol. The molecule has 0 aliphatic carbocycles. The van der Waals surface area contributed by atoms with Crippen LogP contribution in [0.3, 0.4) is 0 Å². The number of likely N-dealkylation sites (tertiary alicyclic amines) is 1. The van der Waals surface area contributed by atoms with Gasteiger partial charge in [-0.15, -0.1) is 0 Å². The van der Waals surface area contributed by atoms with Crippen LogP contribution in [0.1, 0.15) is 35.8 Å². The Kier molecular flexibility index (Phi) is 4.38. The van der Waals surface area contributed by atoms with E-state index in [2.05, 4.69) is 18.0 Å². The summed E-state index contributed by atoms with van der Waals surface area (Å²) in [5.74, 6) is 0.661. The van der Waals surface area contributed by atoms with Crippen molar-refractivity contribution in [2.45, 2.75) is 19.8 Å². The van der Waals surface area contributed by atoms with Gasteiger partial charge in [0.15, 0.2) is 0 Å². The van der Waals surface area contributed by atoms with E-state index in [0.29, 0.717) is 22.9 Å². The fourth-order valence-corrected chi connectivity index (χ4v) is 2.88. The molecule has 116 valence electrons. The summed E-state index contributed by atoms with van der Waals surface area (Å²) >= 11 is 0. The summed E-state index contributed by atoms with van der Waals surface area (Å²) in [6, 6.07) is 14.9. The summed E-state index contributed by atoms with van der Waals surface area (Å²) in [5.41, 5.74) is 2.44. The molecule has 0 bridgehead atoms. The van der Waals surface area contributed by atoms with E-state index in [9.17, 15) is 10.1 Å². The number of nitriles is 1. The van der Waals surface area contributed by atoms with Crippen molar-refractivity contribution < 1.29 is 4.79 Å².